The van der Waals surface area contributed by atoms with Crippen molar-refractivity contribution in [3.8, 4) is 0 Å². The van der Waals surface area contributed by atoms with Crippen molar-refractivity contribution in [1.29, 1.82) is 0 Å². The van der Waals surface area contributed by atoms with Crippen LogP contribution in [0.25, 0.3) is 0 Å². The SMILES string of the molecule is O=C(O)C1CCCCN1C(=O)CCCNc1ccc([N+](=O)[O-])cc1. The molecule has 1 heterocycles. The van der Waals surface area contributed by atoms with E-state index < -0.39 is 16.9 Å². The van der Waals surface area contributed by atoms with Gasteiger partial charge in [0.25, 0.3) is 5.69 Å². The number of piperidine rings is 1. The molecule has 24 heavy (non-hydrogen) atoms. The number of hydrogen-bond acceptors (Lipinski definition) is 5. The maximum absolute atomic E-state index is 12.2. The van der Waals surface area contributed by atoms with Gasteiger partial charge in [0.15, 0.2) is 0 Å². The van der Waals surface area contributed by atoms with Crippen LogP contribution in [-0.4, -0.2) is 45.9 Å². The van der Waals surface area contributed by atoms with E-state index in [2.05, 4.69) is 5.32 Å². The predicted octanol–water partition coefficient (Wildman–Crippen LogP) is 2.25. The molecule has 0 radical (unpaired) electrons. The molecule has 2 rings (SSSR count). The molecule has 1 unspecified atom stereocenters. The first kappa shape index (κ1) is 17.7. The Morgan fingerprint density at radius 3 is 2.62 bits per heavy atom. The second kappa shape index (κ2) is 8.28. The van der Waals surface area contributed by atoms with Crippen LogP contribution in [0.3, 0.4) is 0 Å². The fourth-order valence-corrected chi connectivity index (χ4v) is 2.80. The van der Waals surface area contributed by atoms with Gasteiger partial charge in [0, 0.05) is 37.3 Å². The van der Waals surface area contributed by atoms with Crippen LogP contribution in [0.4, 0.5) is 11.4 Å². The maximum Gasteiger partial charge on any atom is 0.326 e. The molecule has 8 nitrogen and oxygen atoms in total. The van der Waals surface area contributed by atoms with Crippen molar-refractivity contribution in [2.24, 2.45) is 0 Å². The zero-order valence-corrected chi connectivity index (χ0v) is 13.3. The molecule has 1 atom stereocenters. The van der Waals surface area contributed by atoms with E-state index in [0.717, 1.165) is 18.5 Å². The highest BCUT2D eigenvalue weighted by Crippen LogP contribution is 2.19. The normalized spacial score (nSPS) is 17.3. The molecule has 0 spiro atoms. The van der Waals surface area contributed by atoms with Gasteiger partial charge in [-0.15, -0.1) is 0 Å². The summed E-state index contributed by atoms with van der Waals surface area (Å²) in [5, 5.41) is 22.9. The Morgan fingerprint density at radius 2 is 2.00 bits per heavy atom. The minimum Gasteiger partial charge on any atom is -0.480 e. The molecule has 1 amide bonds. The number of aliphatic carboxylic acids is 1. The molecule has 1 saturated heterocycles. The van der Waals surface area contributed by atoms with Gasteiger partial charge in [-0.25, -0.2) is 4.79 Å². The molecule has 1 aromatic carbocycles. The predicted molar refractivity (Wildman–Crippen MR) is 87.8 cm³/mol. The quantitative estimate of drug-likeness (QED) is 0.449. The van der Waals surface area contributed by atoms with Crippen LogP contribution >= 0.6 is 0 Å². The number of non-ortho nitro benzene ring substituents is 1. The number of nitrogens with one attached hydrogen (secondary N) is 1. The van der Waals surface area contributed by atoms with Gasteiger partial charge >= 0.3 is 5.97 Å². The molecule has 2 N–H and O–H groups in total. The summed E-state index contributed by atoms with van der Waals surface area (Å²) in [6.45, 7) is 1.04. The Labute approximate surface area is 139 Å². The molecular formula is C16H21N3O5. The first-order valence-electron chi connectivity index (χ1n) is 7.99. The van der Waals surface area contributed by atoms with Crippen LogP contribution in [-0.2, 0) is 9.59 Å². The molecule has 1 aromatic rings. The number of hydrogen-bond donors (Lipinski definition) is 2. The second-order valence-electron chi connectivity index (χ2n) is 5.77. The number of benzene rings is 1. The highest BCUT2D eigenvalue weighted by molar-refractivity contribution is 5.83. The van der Waals surface area contributed by atoms with Crippen molar-refractivity contribution in [2.45, 2.75) is 38.1 Å². The average molecular weight is 335 g/mol. The number of nitrogens with zero attached hydrogens (tertiary/aromatic N) is 2. The zero-order valence-electron chi connectivity index (χ0n) is 13.3. The lowest BCUT2D eigenvalue weighted by molar-refractivity contribution is -0.384. The van der Waals surface area contributed by atoms with Gasteiger partial charge in [-0.2, -0.15) is 0 Å². The Bertz CT molecular complexity index is 602. The van der Waals surface area contributed by atoms with E-state index in [1.165, 1.54) is 17.0 Å². The van der Waals surface area contributed by atoms with Gasteiger partial charge in [-0.05, 0) is 37.8 Å². The molecule has 0 aromatic heterocycles. The standard InChI is InChI=1S/C16H21N3O5/c20-15(18-11-2-1-4-14(18)16(21)22)5-3-10-17-12-6-8-13(9-7-12)19(23)24/h6-9,14,17H,1-5,10-11H2,(H,21,22). The maximum atomic E-state index is 12.2. The summed E-state index contributed by atoms with van der Waals surface area (Å²) in [4.78, 5) is 35.0. The van der Waals surface area contributed by atoms with Crippen LogP contribution in [0.5, 0.6) is 0 Å². The summed E-state index contributed by atoms with van der Waals surface area (Å²) in [5.74, 6) is -1.07. The van der Waals surface area contributed by atoms with Gasteiger partial charge < -0.3 is 15.3 Å². The molecule has 0 bridgehead atoms. The molecule has 130 valence electrons. The lowest BCUT2D eigenvalue weighted by atomic mass is 10.0. The summed E-state index contributed by atoms with van der Waals surface area (Å²) < 4.78 is 0. The van der Waals surface area contributed by atoms with Crippen molar-refractivity contribution < 1.29 is 19.6 Å². The largest absolute Gasteiger partial charge is 0.480 e. The summed E-state index contributed by atoms with van der Waals surface area (Å²) in [5.41, 5.74) is 0.773. The lowest BCUT2D eigenvalue weighted by Crippen LogP contribution is -2.48. The first-order chi connectivity index (χ1) is 11.5. The van der Waals surface area contributed by atoms with Crippen molar-refractivity contribution in [3.05, 3.63) is 34.4 Å². The first-order valence-corrected chi connectivity index (χ1v) is 7.99. The fourth-order valence-electron chi connectivity index (χ4n) is 2.80. The van der Waals surface area contributed by atoms with E-state index in [4.69, 9.17) is 0 Å². The molecule has 1 aliphatic rings. The number of nitro groups is 1. The summed E-state index contributed by atoms with van der Waals surface area (Å²) in [6.07, 6.45) is 3.05. The van der Waals surface area contributed by atoms with Gasteiger partial charge in [-0.1, -0.05) is 0 Å². The summed E-state index contributed by atoms with van der Waals surface area (Å²) in [6, 6.07) is 5.36. The number of likely N-dealkylation sites (tertiary alicyclic amines) is 1. The zero-order chi connectivity index (χ0) is 17.5. The Balaban J connectivity index is 1.76. The Kier molecular flexibility index (Phi) is 6.11. The minimum atomic E-state index is -0.938. The summed E-state index contributed by atoms with van der Waals surface area (Å²) >= 11 is 0. The van der Waals surface area contributed by atoms with Crippen LogP contribution in [0, 0.1) is 10.1 Å². The minimum absolute atomic E-state index is 0.0283. The highest BCUT2D eigenvalue weighted by Gasteiger charge is 2.31. The molecule has 1 aliphatic heterocycles. The molecular weight excluding hydrogens is 314 g/mol. The van der Waals surface area contributed by atoms with E-state index in [-0.39, 0.29) is 18.0 Å². The number of amides is 1. The third-order valence-electron chi connectivity index (χ3n) is 4.08. The smallest absolute Gasteiger partial charge is 0.326 e. The van der Waals surface area contributed by atoms with Crippen molar-refractivity contribution in [1.82, 2.24) is 4.90 Å². The number of carbonyl (C=O) groups is 2. The van der Waals surface area contributed by atoms with Gasteiger partial charge in [-0.3, -0.25) is 14.9 Å². The van der Waals surface area contributed by atoms with Gasteiger partial charge in [0.1, 0.15) is 6.04 Å². The third kappa shape index (κ3) is 4.68. The number of anilines is 1. The van der Waals surface area contributed by atoms with Crippen LogP contribution in [0.2, 0.25) is 0 Å². The van der Waals surface area contributed by atoms with Gasteiger partial charge in [0.2, 0.25) is 5.91 Å². The molecule has 0 aliphatic carbocycles. The van der Waals surface area contributed by atoms with Crippen LogP contribution in [0.1, 0.15) is 32.1 Å². The Hall–Kier alpha value is -2.64. The number of carbonyl (C=O) groups excluding carboxylic acids is 1. The average Bonchev–Trinajstić information content (AvgIpc) is 2.58. The van der Waals surface area contributed by atoms with Crippen molar-refractivity contribution >= 4 is 23.3 Å². The van der Waals surface area contributed by atoms with E-state index in [0.29, 0.717) is 25.9 Å². The van der Waals surface area contributed by atoms with Crippen LogP contribution in [0.15, 0.2) is 24.3 Å². The van der Waals surface area contributed by atoms with Crippen LogP contribution < -0.4 is 5.32 Å². The number of carboxylic acid groups (broad SMARTS) is 1. The second-order valence-corrected chi connectivity index (χ2v) is 5.77. The molecule has 0 saturated carbocycles. The fraction of sp³-hybridized carbons (Fsp3) is 0.500. The van der Waals surface area contributed by atoms with E-state index in [1.807, 2.05) is 0 Å². The van der Waals surface area contributed by atoms with E-state index >= 15 is 0 Å². The molecule has 1 fully saturated rings. The number of rotatable bonds is 7. The highest BCUT2D eigenvalue weighted by atomic mass is 16.6. The lowest BCUT2D eigenvalue weighted by Gasteiger charge is -2.33. The summed E-state index contributed by atoms with van der Waals surface area (Å²) in [7, 11) is 0. The molecule has 8 heteroatoms. The van der Waals surface area contributed by atoms with Crippen molar-refractivity contribution in [2.75, 3.05) is 18.4 Å². The van der Waals surface area contributed by atoms with Crippen molar-refractivity contribution in [3.63, 3.8) is 0 Å². The van der Waals surface area contributed by atoms with Gasteiger partial charge in [0.05, 0.1) is 4.92 Å². The third-order valence-corrected chi connectivity index (χ3v) is 4.08. The van der Waals surface area contributed by atoms with E-state index in [9.17, 15) is 24.8 Å². The number of nitro benzene ring substituents is 1. The number of carboxylic acids is 1. The monoisotopic (exact) mass is 335 g/mol. The Morgan fingerprint density at radius 1 is 1.29 bits per heavy atom. The topological polar surface area (TPSA) is 113 Å². The van der Waals surface area contributed by atoms with E-state index in [1.54, 1.807) is 12.1 Å².